The molecule has 1 aliphatic rings. The molecule has 3 N–H and O–H groups in total. The van der Waals surface area contributed by atoms with E-state index in [0.717, 1.165) is 53.7 Å². The van der Waals surface area contributed by atoms with Crippen LogP contribution in [-0.2, 0) is 4.79 Å². The molecule has 2 amide bonds. The zero-order chi connectivity index (χ0) is 20.4. The quantitative estimate of drug-likeness (QED) is 0.669. The van der Waals surface area contributed by atoms with Crippen LogP contribution in [0.25, 0.3) is 28.2 Å². The van der Waals surface area contributed by atoms with E-state index in [1.165, 1.54) is 6.08 Å². The van der Waals surface area contributed by atoms with Gasteiger partial charge < -0.3 is 15.6 Å². The molecule has 0 saturated carbocycles. The van der Waals surface area contributed by atoms with E-state index < -0.39 is 5.91 Å². The lowest BCUT2D eigenvalue weighted by Crippen LogP contribution is -2.38. The first-order valence-corrected chi connectivity index (χ1v) is 9.71. The molecule has 4 rings (SSSR count). The van der Waals surface area contributed by atoms with Crippen molar-refractivity contribution in [2.75, 3.05) is 13.1 Å². The molecule has 148 valence electrons. The second-order valence-corrected chi connectivity index (χ2v) is 7.51. The number of carbonyl (C=O) groups is 2. The lowest BCUT2D eigenvalue weighted by molar-refractivity contribution is -0.113. The van der Waals surface area contributed by atoms with Crippen LogP contribution in [-0.4, -0.2) is 44.8 Å². The van der Waals surface area contributed by atoms with Gasteiger partial charge in [-0.05, 0) is 37.0 Å². The second-order valence-electron chi connectivity index (χ2n) is 7.51. The van der Waals surface area contributed by atoms with E-state index in [1.807, 2.05) is 17.0 Å². The van der Waals surface area contributed by atoms with Gasteiger partial charge in [0, 0.05) is 59.8 Å². The Hall–Kier alpha value is -3.48. The van der Waals surface area contributed by atoms with Crippen LogP contribution >= 0.6 is 0 Å². The van der Waals surface area contributed by atoms with Gasteiger partial charge in [-0.15, -0.1) is 0 Å². The molecule has 7 heteroatoms. The topological polar surface area (TPSA) is 105 Å². The molecule has 1 fully saturated rings. The Kier molecular flexibility index (Phi) is 5.12. The fourth-order valence-electron chi connectivity index (χ4n) is 3.56. The number of pyridine rings is 2. The summed E-state index contributed by atoms with van der Waals surface area (Å²) in [6.07, 6.45) is 10.3. The van der Waals surface area contributed by atoms with E-state index in [-0.39, 0.29) is 5.91 Å². The van der Waals surface area contributed by atoms with E-state index >= 15 is 0 Å². The normalized spacial score (nSPS) is 15.3. The summed E-state index contributed by atoms with van der Waals surface area (Å²) in [7, 11) is 0. The predicted molar refractivity (Wildman–Crippen MR) is 112 cm³/mol. The number of fused-ring (bicyclic) bond motifs is 1. The number of hydrogen-bond acceptors (Lipinski definition) is 4. The number of nitrogens with one attached hydrogen (secondary N) is 1. The molecule has 1 saturated heterocycles. The predicted octanol–water partition coefficient (Wildman–Crippen LogP) is 3.00. The van der Waals surface area contributed by atoms with Gasteiger partial charge in [-0.3, -0.25) is 14.6 Å². The standard InChI is InChI=1S/C22H23N5O2/c1-14-6-8-27(9-7-14)22(29)19-4-2-15(11-24-19)17-10-18-16(3-5-20(23)28)12-25-21(18)26-13-17/h2-5,10-14H,6-9H2,1H3,(H2,23,28)(H,25,26)/b5-3+. The number of aromatic amines is 1. The zero-order valence-corrected chi connectivity index (χ0v) is 16.3. The maximum Gasteiger partial charge on any atom is 0.272 e. The lowest BCUT2D eigenvalue weighted by Gasteiger charge is -2.30. The molecule has 0 radical (unpaired) electrons. The van der Waals surface area contributed by atoms with Crippen LogP contribution in [0.4, 0.5) is 0 Å². The molecule has 3 aromatic rings. The van der Waals surface area contributed by atoms with Crippen LogP contribution in [0.2, 0.25) is 0 Å². The Balaban J connectivity index is 1.57. The van der Waals surface area contributed by atoms with Crippen molar-refractivity contribution in [2.45, 2.75) is 19.8 Å². The molecule has 0 unspecified atom stereocenters. The Morgan fingerprint density at radius 2 is 1.93 bits per heavy atom. The highest BCUT2D eigenvalue weighted by Crippen LogP contribution is 2.25. The van der Waals surface area contributed by atoms with E-state index in [0.29, 0.717) is 11.6 Å². The van der Waals surface area contributed by atoms with Gasteiger partial charge in [0.2, 0.25) is 5.91 Å². The third-order valence-electron chi connectivity index (χ3n) is 5.38. The summed E-state index contributed by atoms with van der Waals surface area (Å²) < 4.78 is 0. The molecule has 0 spiro atoms. The summed E-state index contributed by atoms with van der Waals surface area (Å²) in [6.45, 7) is 3.80. The molecule has 0 bridgehead atoms. The number of nitrogens with zero attached hydrogens (tertiary/aromatic N) is 3. The molecule has 4 heterocycles. The van der Waals surface area contributed by atoms with Gasteiger partial charge in [0.25, 0.3) is 5.91 Å². The molecule has 0 aromatic carbocycles. The second kappa shape index (κ2) is 7.87. The maximum absolute atomic E-state index is 12.7. The third-order valence-corrected chi connectivity index (χ3v) is 5.38. The van der Waals surface area contributed by atoms with Crippen molar-refractivity contribution in [2.24, 2.45) is 11.7 Å². The number of nitrogens with two attached hydrogens (primary N) is 1. The highest BCUT2D eigenvalue weighted by atomic mass is 16.2. The molecule has 1 aliphatic heterocycles. The summed E-state index contributed by atoms with van der Waals surface area (Å²) in [5.41, 5.74) is 8.94. The average Bonchev–Trinajstić information content (AvgIpc) is 3.14. The fraction of sp³-hybridized carbons (Fsp3) is 0.273. The minimum atomic E-state index is -0.504. The molecule has 29 heavy (non-hydrogen) atoms. The van der Waals surface area contributed by atoms with Crippen LogP contribution < -0.4 is 5.73 Å². The average molecular weight is 389 g/mol. The smallest absolute Gasteiger partial charge is 0.272 e. The summed E-state index contributed by atoms with van der Waals surface area (Å²) in [5, 5.41) is 0.877. The monoisotopic (exact) mass is 389 g/mol. The van der Waals surface area contributed by atoms with Crippen LogP contribution in [0, 0.1) is 5.92 Å². The summed E-state index contributed by atoms with van der Waals surface area (Å²) in [6, 6.07) is 5.64. The number of carbonyl (C=O) groups excluding carboxylic acids is 2. The minimum absolute atomic E-state index is 0.0125. The zero-order valence-electron chi connectivity index (χ0n) is 16.3. The summed E-state index contributed by atoms with van der Waals surface area (Å²) in [4.78, 5) is 37.5. The van der Waals surface area contributed by atoms with Crippen LogP contribution in [0.1, 0.15) is 35.8 Å². The van der Waals surface area contributed by atoms with E-state index in [9.17, 15) is 9.59 Å². The Morgan fingerprint density at radius 1 is 1.17 bits per heavy atom. The highest BCUT2D eigenvalue weighted by Gasteiger charge is 2.22. The molecular formula is C22H23N5O2. The van der Waals surface area contributed by atoms with E-state index in [4.69, 9.17) is 5.73 Å². The van der Waals surface area contributed by atoms with Gasteiger partial charge in [-0.2, -0.15) is 0 Å². The van der Waals surface area contributed by atoms with Crippen LogP contribution in [0.15, 0.2) is 42.9 Å². The number of aromatic nitrogens is 3. The van der Waals surface area contributed by atoms with Crippen molar-refractivity contribution in [1.82, 2.24) is 19.9 Å². The van der Waals surface area contributed by atoms with Gasteiger partial charge in [-0.25, -0.2) is 4.98 Å². The van der Waals surface area contributed by atoms with Crippen LogP contribution in [0.3, 0.4) is 0 Å². The number of hydrogen-bond donors (Lipinski definition) is 2. The van der Waals surface area contributed by atoms with Crippen molar-refractivity contribution in [1.29, 1.82) is 0 Å². The van der Waals surface area contributed by atoms with Crippen molar-refractivity contribution < 1.29 is 9.59 Å². The van der Waals surface area contributed by atoms with Gasteiger partial charge in [0.15, 0.2) is 0 Å². The minimum Gasteiger partial charge on any atom is -0.366 e. The molecule has 3 aromatic heterocycles. The Morgan fingerprint density at radius 3 is 2.62 bits per heavy atom. The number of H-pyrrole nitrogens is 1. The first-order valence-electron chi connectivity index (χ1n) is 9.71. The number of amides is 2. The van der Waals surface area contributed by atoms with Gasteiger partial charge in [0.05, 0.1) is 0 Å². The van der Waals surface area contributed by atoms with Crippen molar-refractivity contribution in [3.63, 3.8) is 0 Å². The van der Waals surface area contributed by atoms with Crippen molar-refractivity contribution in [3.8, 4) is 11.1 Å². The Bertz CT molecular complexity index is 1080. The highest BCUT2D eigenvalue weighted by molar-refractivity contribution is 5.96. The fourth-order valence-corrected chi connectivity index (χ4v) is 3.56. The number of likely N-dealkylation sites (tertiary alicyclic amines) is 1. The first kappa shape index (κ1) is 18.9. The summed E-state index contributed by atoms with van der Waals surface area (Å²) >= 11 is 0. The van der Waals surface area contributed by atoms with Gasteiger partial charge in [-0.1, -0.05) is 13.0 Å². The van der Waals surface area contributed by atoms with Crippen molar-refractivity contribution in [3.05, 3.63) is 54.1 Å². The SMILES string of the molecule is CC1CCN(C(=O)c2ccc(-c3cnc4[nH]cc(/C=C/C(N)=O)c4c3)cn2)CC1. The molecular weight excluding hydrogens is 366 g/mol. The molecule has 7 nitrogen and oxygen atoms in total. The largest absolute Gasteiger partial charge is 0.366 e. The number of primary amides is 1. The van der Waals surface area contributed by atoms with Crippen LogP contribution in [0.5, 0.6) is 0 Å². The van der Waals surface area contributed by atoms with Gasteiger partial charge in [0.1, 0.15) is 11.3 Å². The summed E-state index contributed by atoms with van der Waals surface area (Å²) in [5.74, 6) is 0.158. The number of rotatable bonds is 4. The van der Waals surface area contributed by atoms with Crippen molar-refractivity contribution >= 4 is 28.9 Å². The molecule has 0 atom stereocenters. The van der Waals surface area contributed by atoms with E-state index in [1.54, 1.807) is 30.7 Å². The number of piperidine rings is 1. The maximum atomic E-state index is 12.7. The van der Waals surface area contributed by atoms with Gasteiger partial charge >= 0.3 is 0 Å². The molecule has 0 aliphatic carbocycles. The van der Waals surface area contributed by atoms with E-state index in [2.05, 4.69) is 21.9 Å². The first-order chi connectivity index (χ1) is 14.0. The third kappa shape index (κ3) is 4.03. The lowest BCUT2D eigenvalue weighted by atomic mass is 9.99. The Labute approximate surface area is 168 Å².